The van der Waals surface area contributed by atoms with Crippen molar-refractivity contribution in [2.45, 2.75) is 6.61 Å². The van der Waals surface area contributed by atoms with Crippen LogP contribution < -0.4 is 9.47 Å². The van der Waals surface area contributed by atoms with Crippen LogP contribution in [0.3, 0.4) is 0 Å². The van der Waals surface area contributed by atoms with Crippen molar-refractivity contribution >= 4 is 5.97 Å². The molecule has 8 heteroatoms. The van der Waals surface area contributed by atoms with E-state index in [1.807, 2.05) is 0 Å². The van der Waals surface area contributed by atoms with E-state index in [1.54, 1.807) is 0 Å². The van der Waals surface area contributed by atoms with Gasteiger partial charge in [-0.1, -0.05) is 0 Å². The van der Waals surface area contributed by atoms with E-state index in [-0.39, 0.29) is 10.3 Å². The van der Waals surface area contributed by atoms with Gasteiger partial charge in [0.25, 0.3) is 5.69 Å². The average Bonchev–Trinajstić information content (AvgIpc) is 2.39. The third-order valence-corrected chi connectivity index (χ3v) is 2.60. The number of pyridine rings is 1. The van der Waals surface area contributed by atoms with Crippen LogP contribution in [0.2, 0.25) is 0 Å². The van der Waals surface area contributed by atoms with Crippen LogP contribution >= 0.6 is 0 Å². The first-order chi connectivity index (χ1) is 9.90. The van der Waals surface area contributed by atoms with Gasteiger partial charge in [-0.3, -0.25) is 0 Å². The third kappa shape index (κ3) is 3.04. The summed E-state index contributed by atoms with van der Waals surface area (Å²) >= 11 is 0. The van der Waals surface area contributed by atoms with Crippen molar-refractivity contribution in [3.05, 3.63) is 53.1 Å². The van der Waals surface area contributed by atoms with Gasteiger partial charge in [-0.2, -0.15) is 13.5 Å². The molecular weight excluding hydrogens is 291 g/mol. The SMILES string of the molecule is O=C(O)c1ccc(OC(F)F)c(-c2ccc(F)cc2)[n+]1[O-]. The lowest BCUT2D eigenvalue weighted by atomic mass is 10.1. The minimum atomic E-state index is -3.19. The van der Waals surface area contributed by atoms with Gasteiger partial charge < -0.3 is 15.1 Å². The van der Waals surface area contributed by atoms with E-state index in [0.717, 1.165) is 36.4 Å². The van der Waals surface area contributed by atoms with Crippen LogP contribution in [-0.2, 0) is 0 Å². The van der Waals surface area contributed by atoms with Crippen LogP contribution in [0.4, 0.5) is 13.2 Å². The van der Waals surface area contributed by atoms with Gasteiger partial charge in [-0.25, -0.2) is 9.18 Å². The first kappa shape index (κ1) is 14.6. The highest BCUT2D eigenvalue weighted by Crippen LogP contribution is 2.28. The maximum absolute atomic E-state index is 12.9. The smallest absolute Gasteiger partial charge is 0.402 e. The number of nitrogens with zero attached hydrogens (tertiary/aromatic N) is 1. The molecule has 1 aromatic heterocycles. The molecule has 1 aromatic carbocycles. The third-order valence-electron chi connectivity index (χ3n) is 2.60. The number of aromatic nitrogens is 1. The standard InChI is InChI=1S/C13H8F3NO4/c14-8-3-1-7(2-4-8)11-10(21-13(15)16)6-5-9(12(18)19)17(11)20/h1-6,13H,(H,18,19). The van der Waals surface area contributed by atoms with Crippen molar-refractivity contribution in [2.24, 2.45) is 0 Å². The van der Waals surface area contributed by atoms with E-state index in [9.17, 15) is 23.2 Å². The Bertz CT molecular complexity index is 674. The van der Waals surface area contributed by atoms with Gasteiger partial charge in [0.15, 0.2) is 5.75 Å². The number of aromatic carboxylic acids is 1. The molecule has 0 unspecified atom stereocenters. The van der Waals surface area contributed by atoms with Gasteiger partial charge in [0.1, 0.15) is 5.82 Å². The van der Waals surface area contributed by atoms with Gasteiger partial charge in [0.2, 0.25) is 0 Å². The molecule has 1 heterocycles. The van der Waals surface area contributed by atoms with E-state index in [2.05, 4.69) is 4.74 Å². The average molecular weight is 299 g/mol. The van der Waals surface area contributed by atoms with E-state index in [0.29, 0.717) is 0 Å². The number of rotatable bonds is 4. The molecule has 0 aliphatic rings. The topological polar surface area (TPSA) is 73.5 Å². The van der Waals surface area contributed by atoms with Gasteiger partial charge in [-0.15, -0.1) is 0 Å². The van der Waals surface area contributed by atoms with Crippen LogP contribution in [0.1, 0.15) is 10.5 Å². The number of ether oxygens (including phenoxy) is 1. The summed E-state index contributed by atoms with van der Waals surface area (Å²) in [6.45, 7) is -3.19. The van der Waals surface area contributed by atoms with E-state index >= 15 is 0 Å². The minimum absolute atomic E-state index is 0.0464. The fourth-order valence-corrected chi connectivity index (χ4v) is 1.74. The zero-order valence-electron chi connectivity index (χ0n) is 10.3. The van der Waals surface area contributed by atoms with Gasteiger partial charge >= 0.3 is 18.3 Å². The van der Waals surface area contributed by atoms with E-state index < -0.39 is 35.5 Å². The zero-order valence-corrected chi connectivity index (χ0v) is 10.3. The number of alkyl halides is 2. The lowest BCUT2D eigenvalue weighted by Gasteiger charge is -2.12. The maximum atomic E-state index is 12.9. The highest BCUT2D eigenvalue weighted by atomic mass is 19.3. The van der Waals surface area contributed by atoms with Crippen molar-refractivity contribution < 1.29 is 32.5 Å². The normalized spacial score (nSPS) is 10.7. The van der Waals surface area contributed by atoms with Crippen molar-refractivity contribution in [2.75, 3.05) is 0 Å². The molecule has 2 aromatic rings. The monoisotopic (exact) mass is 299 g/mol. The lowest BCUT2D eigenvalue weighted by Crippen LogP contribution is -2.37. The predicted octanol–water partition coefficient (Wildman–Crippen LogP) is 2.43. The second-order valence-corrected chi connectivity index (χ2v) is 3.92. The molecule has 21 heavy (non-hydrogen) atoms. The lowest BCUT2D eigenvalue weighted by molar-refractivity contribution is -0.597. The molecule has 0 aliphatic heterocycles. The summed E-state index contributed by atoms with van der Waals surface area (Å²) in [6.07, 6.45) is 0. The first-order valence-corrected chi connectivity index (χ1v) is 5.60. The van der Waals surface area contributed by atoms with E-state index in [4.69, 9.17) is 5.11 Å². The van der Waals surface area contributed by atoms with Gasteiger partial charge in [0, 0.05) is 6.07 Å². The number of carbonyl (C=O) groups is 1. The number of hydrogen-bond acceptors (Lipinski definition) is 3. The molecule has 0 atom stereocenters. The molecule has 0 saturated carbocycles. The summed E-state index contributed by atoms with van der Waals surface area (Å²) in [5, 5.41) is 20.9. The van der Waals surface area contributed by atoms with Crippen molar-refractivity contribution in [3.8, 4) is 17.0 Å². The number of hydrogen-bond donors (Lipinski definition) is 1. The highest BCUT2D eigenvalue weighted by Gasteiger charge is 2.26. The van der Waals surface area contributed by atoms with Gasteiger partial charge in [0.05, 0.1) is 5.56 Å². The minimum Gasteiger partial charge on any atom is -0.618 e. The molecule has 110 valence electrons. The summed E-state index contributed by atoms with van der Waals surface area (Å²) in [6, 6.07) is 6.12. The Morgan fingerprint density at radius 2 is 1.81 bits per heavy atom. The molecule has 0 radical (unpaired) electrons. The summed E-state index contributed by atoms with van der Waals surface area (Å²) in [4.78, 5) is 10.9. The summed E-state index contributed by atoms with van der Waals surface area (Å²) in [7, 11) is 0. The van der Waals surface area contributed by atoms with Crippen LogP contribution in [0.5, 0.6) is 5.75 Å². The Morgan fingerprint density at radius 1 is 1.19 bits per heavy atom. The Balaban J connectivity index is 2.65. The molecule has 2 rings (SSSR count). The van der Waals surface area contributed by atoms with Crippen LogP contribution in [-0.4, -0.2) is 17.7 Å². The molecule has 0 spiro atoms. The number of carboxylic acid groups (broad SMARTS) is 1. The zero-order chi connectivity index (χ0) is 15.6. The molecule has 0 saturated heterocycles. The quantitative estimate of drug-likeness (QED) is 0.695. The number of halogens is 3. The molecule has 0 fully saturated rings. The van der Waals surface area contributed by atoms with Crippen molar-refractivity contribution in [1.29, 1.82) is 0 Å². The number of carboxylic acids is 1. The number of benzene rings is 1. The Morgan fingerprint density at radius 3 is 2.33 bits per heavy atom. The van der Waals surface area contributed by atoms with Crippen LogP contribution in [0.15, 0.2) is 36.4 Å². The first-order valence-electron chi connectivity index (χ1n) is 5.60. The largest absolute Gasteiger partial charge is 0.618 e. The second-order valence-electron chi connectivity index (χ2n) is 3.92. The second kappa shape index (κ2) is 5.70. The molecule has 0 amide bonds. The summed E-state index contributed by atoms with van der Waals surface area (Å²) in [5.74, 6) is -2.63. The predicted molar refractivity (Wildman–Crippen MR) is 64.4 cm³/mol. The molecule has 0 bridgehead atoms. The molecule has 0 aliphatic carbocycles. The maximum Gasteiger partial charge on any atom is 0.402 e. The van der Waals surface area contributed by atoms with Crippen LogP contribution in [0.25, 0.3) is 11.3 Å². The Labute approximate surface area is 116 Å². The Hall–Kier alpha value is -2.77. The summed E-state index contributed by atoms with van der Waals surface area (Å²) < 4.78 is 41.8. The molecule has 5 nitrogen and oxygen atoms in total. The van der Waals surface area contributed by atoms with Crippen molar-refractivity contribution in [1.82, 2.24) is 0 Å². The van der Waals surface area contributed by atoms with E-state index in [1.165, 1.54) is 0 Å². The molecule has 1 N–H and O–H groups in total. The van der Waals surface area contributed by atoms with Crippen molar-refractivity contribution in [3.63, 3.8) is 0 Å². The van der Waals surface area contributed by atoms with Crippen LogP contribution in [0, 0.1) is 11.0 Å². The fourth-order valence-electron chi connectivity index (χ4n) is 1.74. The highest BCUT2D eigenvalue weighted by molar-refractivity contribution is 5.84. The summed E-state index contributed by atoms with van der Waals surface area (Å²) in [5.41, 5.74) is -1.06. The van der Waals surface area contributed by atoms with Gasteiger partial charge in [-0.05, 0) is 30.3 Å². The molecular formula is C13H8F3NO4. The fraction of sp³-hybridized carbons (Fsp3) is 0.0769. The Kier molecular flexibility index (Phi) is 3.97.